The van der Waals surface area contributed by atoms with Crippen molar-refractivity contribution in [2.24, 2.45) is 0 Å². The molecule has 2 N–H and O–H groups in total. The highest BCUT2D eigenvalue weighted by Gasteiger charge is 2.09. The summed E-state index contributed by atoms with van der Waals surface area (Å²) >= 11 is 0. The van der Waals surface area contributed by atoms with Gasteiger partial charge in [-0.3, -0.25) is 10.1 Å². The van der Waals surface area contributed by atoms with E-state index in [1.165, 1.54) is 0 Å². The quantitative estimate of drug-likeness (QED) is 0.696. The van der Waals surface area contributed by atoms with E-state index in [-0.39, 0.29) is 11.9 Å². The average Bonchev–Trinajstić information content (AvgIpc) is 2.87. The second-order valence-electron chi connectivity index (χ2n) is 3.55. The molecule has 7 nitrogen and oxygen atoms in total. The Morgan fingerprint density at radius 2 is 1.89 bits per heavy atom. The number of nitrogens with one attached hydrogen (secondary N) is 2. The van der Waals surface area contributed by atoms with E-state index in [0.29, 0.717) is 16.6 Å². The van der Waals surface area contributed by atoms with Gasteiger partial charge in [0.1, 0.15) is 11.0 Å². The zero-order chi connectivity index (χ0) is 12.4. The van der Waals surface area contributed by atoms with Gasteiger partial charge >= 0.3 is 0 Å². The van der Waals surface area contributed by atoms with Crippen LogP contribution in [0.3, 0.4) is 0 Å². The number of hydrogen-bond acceptors (Lipinski definition) is 5. The molecule has 88 valence electrons. The first-order chi connectivity index (χ1) is 8.83. The predicted octanol–water partition coefficient (Wildman–Crippen LogP) is 1.00. The maximum Gasteiger partial charge on any atom is 0.258 e. The van der Waals surface area contributed by atoms with Gasteiger partial charge in [0.25, 0.3) is 5.91 Å². The highest BCUT2D eigenvalue weighted by Crippen LogP contribution is 2.11. The van der Waals surface area contributed by atoms with Crippen molar-refractivity contribution in [1.82, 2.24) is 25.4 Å². The molecule has 7 heteroatoms. The number of carbonyl (C=O) groups is 1. The standard InChI is InChI=1S/C11H8N6O/c18-10(14-11-12-4-1-5-13-11)7-2-3-8-9(6-7)16-17-15-8/h1-6H,(H,15,16,17)(H,12,13,14,18). The lowest BCUT2D eigenvalue weighted by Crippen LogP contribution is -2.13. The molecule has 0 saturated heterocycles. The molecular weight excluding hydrogens is 232 g/mol. The van der Waals surface area contributed by atoms with Crippen molar-refractivity contribution >= 4 is 22.9 Å². The molecule has 0 bridgehead atoms. The van der Waals surface area contributed by atoms with Crippen LogP contribution in [0, 0.1) is 0 Å². The van der Waals surface area contributed by atoms with Crippen molar-refractivity contribution in [2.75, 3.05) is 5.32 Å². The summed E-state index contributed by atoms with van der Waals surface area (Å²) in [5, 5.41) is 12.9. The van der Waals surface area contributed by atoms with E-state index in [0.717, 1.165) is 0 Å². The van der Waals surface area contributed by atoms with Gasteiger partial charge in [-0.25, -0.2) is 9.97 Å². The summed E-state index contributed by atoms with van der Waals surface area (Å²) in [7, 11) is 0. The monoisotopic (exact) mass is 240 g/mol. The van der Waals surface area contributed by atoms with E-state index in [1.54, 1.807) is 36.7 Å². The maximum absolute atomic E-state index is 11.9. The van der Waals surface area contributed by atoms with Crippen LogP contribution >= 0.6 is 0 Å². The van der Waals surface area contributed by atoms with E-state index in [1.807, 2.05) is 0 Å². The first kappa shape index (κ1) is 10.3. The van der Waals surface area contributed by atoms with E-state index in [9.17, 15) is 4.79 Å². The molecule has 1 amide bonds. The summed E-state index contributed by atoms with van der Waals surface area (Å²) in [5.74, 6) is -0.0196. The van der Waals surface area contributed by atoms with Gasteiger partial charge < -0.3 is 0 Å². The topological polar surface area (TPSA) is 96.5 Å². The normalized spacial score (nSPS) is 10.4. The minimum absolute atomic E-state index is 0.266. The number of fused-ring (bicyclic) bond motifs is 1. The third-order valence-electron chi connectivity index (χ3n) is 2.37. The van der Waals surface area contributed by atoms with E-state index in [4.69, 9.17) is 0 Å². The zero-order valence-electron chi connectivity index (χ0n) is 9.16. The number of aromatic amines is 1. The number of H-pyrrole nitrogens is 1. The van der Waals surface area contributed by atoms with Crippen molar-refractivity contribution in [3.05, 3.63) is 42.2 Å². The Morgan fingerprint density at radius 3 is 2.72 bits per heavy atom. The smallest absolute Gasteiger partial charge is 0.258 e. The van der Waals surface area contributed by atoms with Gasteiger partial charge in [0.05, 0.1) is 0 Å². The van der Waals surface area contributed by atoms with Crippen LogP contribution in [-0.4, -0.2) is 31.3 Å². The van der Waals surface area contributed by atoms with Gasteiger partial charge in [-0.15, -0.1) is 0 Å². The first-order valence-corrected chi connectivity index (χ1v) is 5.22. The second kappa shape index (κ2) is 4.21. The fourth-order valence-corrected chi connectivity index (χ4v) is 1.52. The minimum Gasteiger partial charge on any atom is -0.290 e. The molecule has 1 aromatic carbocycles. The van der Waals surface area contributed by atoms with E-state index < -0.39 is 0 Å². The van der Waals surface area contributed by atoms with E-state index >= 15 is 0 Å². The van der Waals surface area contributed by atoms with Crippen molar-refractivity contribution in [3.63, 3.8) is 0 Å². The molecule has 0 aliphatic heterocycles. The second-order valence-corrected chi connectivity index (χ2v) is 3.55. The Balaban J connectivity index is 1.87. The zero-order valence-corrected chi connectivity index (χ0v) is 9.16. The van der Waals surface area contributed by atoms with Crippen LogP contribution in [0.15, 0.2) is 36.7 Å². The molecule has 2 heterocycles. The van der Waals surface area contributed by atoms with Crippen LogP contribution in [0.2, 0.25) is 0 Å². The molecule has 3 rings (SSSR count). The summed E-state index contributed by atoms with van der Waals surface area (Å²) in [4.78, 5) is 19.8. The third-order valence-corrected chi connectivity index (χ3v) is 2.37. The van der Waals surface area contributed by atoms with Crippen molar-refractivity contribution in [3.8, 4) is 0 Å². The van der Waals surface area contributed by atoms with Crippen LogP contribution in [0.4, 0.5) is 5.95 Å². The Kier molecular flexibility index (Phi) is 2.41. The van der Waals surface area contributed by atoms with Gasteiger partial charge in [-0.1, -0.05) is 0 Å². The van der Waals surface area contributed by atoms with Crippen molar-refractivity contribution in [1.29, 1.82) is 0 Å². The van der Waals surface area contributed by atoms with Crippen LogP contribution in [0.25, 0.3) is 11.0 Å². The molecule has 0 unspecified atom stereocenters. The molecule has 0 radical (unpaired) electrons. The fourth-order valence-electron chi connectivity index (χ4n) is 1.52. The summed E-state index contributed by atoms with van der Waals surface area (Å²) in [6.07, 6.45) is 3.12. The average molecular weight is 240 g/mol. The van der Waals surface area contributed by atoms with Gasteiger partial charge in [0.2, 0.25) is 5.95 Å². The predicted molar refractivity (Wildman–Crippen MR) is 63.9 cm³/mol. The lowest BCUT2D eigenvalue weighted by molar-refractivity contribution is 0.102. The van der Waals surface area contributed by atoms with Crippen LogP contribution in [-0.2, 0) is 0 Å². The molecule has 3 aromatic rings. The summed E-state index contributed by atoms with van der Waals surface area (Å²) < 4.78 is 0. The number of aromatic nitrogens is 5. The van der Waals surface area contributed by atoms with Crippen LogP contribution in [0.1, 0.15) is 10.4 Å². The van der Waals surface area contributed by atoms with Gasteiger partial charge in [-0.05, 0) is 24.3 Å². The fraction of sp³-hybridized carbons (Fsp3) is 0. The van der Waals surface area contributed by atoms with Gasteiger partial charge in [0.15, 0.2) is 0 Å². The summed E-state index contributed by atoms with van der Waals surface area (Å²) in [6.45, 7) is 0. The molecular formula is C11H8N6O. The number of amides is 1. The summed E-state index contributed by atoms with van der Waals surface area (Å²) in [5.41, 5.74) is 1.82. The molecule has 2 aromatic heterocycles. The maximum atomic E-state index is 11.9. The lowest BCUT2D eigenvalue weighted by Gasteiger charge is -2.02. The summed E-state index contributed by atoms with van der Waals surface area (Å²) in [6, 6.07) is 6.72. The number of carbonyl (C=O) groups excluding carboxylic acids is 1. The molecule has 0 saturated carbocycles. The highest BCUT2D eigenvalue weighted by molar-refractivity contribution is 6.04. The Labute approximate surface area is 101 Å². The number of hydrogen-bond donors (Lipinski definition) is 2. The van der Waals surface area contributed by atoms with Crippen molar-refractivity contribution < 1.29 is 4.79 Å². The van der Waals surface area contributed by atoms with Crippen molar-refractivity contribution in [2.45, 2.75) is 0 Å². The number of rotatable bonds is 2. The highest BCUT2D eigenvalue weighted by atomic mass is 16.1. The molecule has 18 heavy (non-hydrogen) atoms. The minimum atomic E-state index is -0.286. The number of benzene rings is 1. The molecule has 0 aliphatic carbocycles. The first-order valence-electron chi connectivity index (χ1n) is 5.22. The van der Waals surface area contributed by atoms with E-state index in [2.05, 4.69) is 30.7 Å². The lowest BCUT2D eigenvalue weighted by atomic mass is 10.2. The Hall–Kier alpha value is -2.83. The largest absolute Gasteiger partial charge is 0.290 e. The van der Waals surface area contributed by atoms with Crippen LogP contribution < -0.4 is 5.32 Å². The Morgan fingerprint density at radius 1 is 1.11 bits per heavy atom. The SMILES string of the molecule is O=C(Nc1ncccn1)c1ccc2n[nH]nc2c1. The number of anilines is 1. The Bertz CT molecular complexity index is 693. The molecule has 0 atom stereocenters. The van der Waals surface area contributed by atoms with Gasteiger partial charge in [0, 0.05) is 18.0 Å². The van der Waals surface area contributed by atoms with Gasteiger partial charge in [-0.2, -0.15) is 15.4 Å². The number of nitrogens with zero attached hydrogens (tertiary/aromatic N) is 4. The third kappa shape index (κ3) is 1.88. The van der Waals surface area contributed by atoms with Crippen LogP contribution in [0.5, 0.6) is 0 Å². The molecule has 0 fully saturated rings. The molecule has 0 spiro atoms. The molecule has 0 aliphatic rings.